The van der Waals surface area contributed by atoms with Gasteiger partial charge in [0.1, 0.15) is 18.5 Å². The zero-order valence-corrected chi connectivity index (χ0v) is 19.7. The molecular formula is C27H29N3O5. The Balaban J connectivity index is 1.27. The van der Waals surface area contributed by atoms with Crippen molar-refractivity contribution in [3.05, 3.63) is 83.0 Å². The first-order chi connectivity index (χ1) is 16.8. The van der Waals surface area contributed by atoms with Gasteiger partial charge in [0.25, 0.3) is 0 Å². The van der Waals surface area contributed by atoms with Crippen LogP contribution < -0.4 is 10.6 Å². The fraction of sp³-hybridized carbons (Fsp3) is 0.296. The lowest BCUT2D eigenvalue weighted by Gasteiger charge is -2.20. The number of hydrogen-bond donors (Lipinski definition) is 4. The number of nitrogens with zero attached hydrogens (tertiary/aromatic N) is 1. The number of pyridine rings is 1. The van der Waals surface area contributed by atoms with E-state index in [0.29, 0.717) is 17.1 Å². The van der Waals surface area contributed by atoms with E-state index in [1.165, 1.54) is 6.92 Å². The van der Waals surface area contributed by atoms with Crippen LogP contribution in [0.5, 0.6) is 0 Å². The maximum absolute atomic E-state index is 12.3. The average molecular weight is 476 g/mol. The molecule has 1 aliphatic carbocycles. The summed E-state index contributed by atoms with van der Waals surface area (Å²) in [4.78, 5) is 27.7. The van der Waals surface area contributed by atoms with Gasteiger partial charge in [-0.3, -0.25) is 4.79 Å². The van der Waals surface area contributed by atoms with E-state index in [4.69, 9.17) is 4.74 Å². The standard InChI is InChI=1S/C27H29N3O5/c1-16-18(11-12-25(29-16)30-17(2)31)26(33)24(32)13-14-28-27(34)35-15-23-21-9-5-3-7-19(21)20-8-4-6-10-22(20)23/h3-12,23-24,26,32-33H,13-15H2,1-2H3,(H,28,34)(H,29,30,31). The van der Waals surface area contributed by atoms with Crippen molar-refractivity contribution in [2.24, 2.45) is 0 Å². The molecule has 8 heteroatoms. The number of ether oxygens (including phenoxy) is 1. The lowest BCUT2D eigenvalue weighted by Crippen LogP contribution is -2.31. The number of amides is 2. The van der Waals surface area contributed by atoms with E-state index in [-0.39, 0.29) is 31.4 Å². The van der Waals surface area contributed by atoms with E-state index in [1.807, 2.05) is 24.3 Å². The smallest absolute Gasteiger partial charge is 0.407 e. The molecule has 0 saturated heterocycles. The summed E-state index contributed by atoms with van der Waals surface area (Å²) in [6.45, 7) is 3.40. The molecule has 0 radical (unpaired) electrons. The van der Waals surface area contributed by atoms with Crippen LogP contribution >= 0.6 is 0 Å². The van der Waals surface area contributed by atoms with E-state index in [0.717, 1.165) is 22.3 Å². The molecule has 4 N–H and O–H groups in total. The fourth-order valence-electron chi connectivity index (χ4n) is 4.47. The SMILES string of the molecule is CC(=O)Nc1ccc(C(O)C(O)CCNC(=O)OCC2c3ccccc3-c3ccccc32)c(C)n1. The molecule has 2 aromatic carbocycles. The fourth-order valence-corrected chi connectivity index (χ4v) is 4.47. The number of aliphatic hydroxyl groups is 2. The van der Waals surface area contributed by atoms with Crippen LogP contribution in [0.25, 0.3) is 11.1 Å². The third kappa shape index (κ3) is 5.50. The summed E-state index contributed by atoms with van der Waals surface area (Å²) in [7, 11) is 0. The summed E-state index contributed by atoms with van der Waals surface area (Å²) >= 11 is 0. The highest BCUT2D eigenvalue weighted by Gasteiger charge is 2.29. The topological polar surface area (TPSA) is 121 Å². The van der Waals surface area contributed by atoms with Crippen molar-refractivity contribution in [2.75, 3.05) is 18.5 Å². The van der Waals surface area contributed by atoms with Crippen molar-refractivity contribution in [3.8, 4) is 11.1 Å². The molecule has 1 aromatic heterocycles. The number of hydrogen-bond acceptors (Lipinski definition) is 6. The predicted octanol–water partition coefficient (Wildman–Crippen LogP) is 3.67. The molecule has 0 aliphatic heterocycles. The first-order valence-electron chi connectivity index (χ1n) is 11.5. The number of aromatic nitrogens is 1. The number of fused-ring (bicyclic) bond motifs is 3. The van der Waals surface area contributed by atoms with Crippen molar-refractivity contribution >= 4 is 17.8 Å². The van der Waals surface area contributed by atoms with Crippen molar-refractivity contribution in [2.45, 2.75) is 38.4 Å². The van der Waals surface area contributed by atoms with Crippen molar-refractivity contribution in [1.82, 2.24) is 10.3 Å². The Kier molecular flexibility index (Phi) is 7.43. The molecule has 8 nitrogen and oxygen atoms in total. The van der Waals surface area contributed by atoms with Crippen LogP contribution in [-0.2, 0) is 9.53 Å². The van der Waals surface area contributed by atoms with Crippen molar-refractivity contribution < 1.29 is 24.5 Å². The lowest BCUT2D eigenvalue weighted by molar-refractivity contribution is -0.114. The summed E-state index contributed by atoms with van der Waals surface area (Å²) in [5, 5.41) is 26.1. The number of aliphatic hydroxyl groups excluding tert-OH is 2. The Bertz CT molecular complexity index is 1180. The van der Waals surface area contributed by atoms with Crippen LogP contribution in [0, 0.1) is 6.92 Å². The third-order valence-electron chi connectivity index (χ3n) is 6.17. The van der Waals surface area contributed by atoms with E-state index in [9.17, 15) is 19.8 Å². The minimum atomic E-state index is -1.18. The van der Waals surface area contributed by atoms with Crippen LogP contribution in [0.15, 0.2) is 60.7 Å². The number of benzene rings is 2. The van der Waals surface area contributed by atoms with Gasteiger partial charge in [-0.25, -0.2) is 9.78 Å². The monoisotopic (exact) mass is 475 g/mol. The van der Waals surface area contributed by atoms with Gasteiger partial charge in [0.15, 0.2) is 0 Å². The quantitative estimate of drug-likeness (QED) is 0.395. The van der Waals surface area contributed by atoms with Crippen LogP contribution in [0.3, 0.4) is 0 Å². The lowest BCUT2D eigenvalue weighted by atomic mass is 9.98. The average Bonchev–Trinajstić information content (AvgIpc) is 3.16. The predicted molar refractivity (Wildman–Crippen MR) is 132 cm³/mol. The summed E-state index contributed by atoms with van der Waals surface area (Å²) in [6.07, 6.45) is -2.75. The first-order valence-corrected chi connectivity index (χ1v) is 11.5. The van der Waals surface area contributed by atoms with E-state index < -0.39 is 18.3 Å². The highest BCUT2D eigenvalue weighted by molar-refractivity contribution is 5.87. The van der Waals surface area contributed by atoms with Gasteiger partial charge < -0.3 is 25.6 Å². The molecule has 0 spiro atoms. The van der Waals surface area contributed by atoms with Gasteiger partial charge in [-0.05, 0) is 41.7 Å². The normalized spacial score (nSPS) is 13.9. The van der Waals surface area contributed by atoms with Crippen molar-refractivity contribution in [1.29, 1.82) is 0 Å². The number of carbonyl (C=O) groups is 2. The molecule has 0 fully saturated rings. The Labute approximate surface area is 204 Å². The minimum Gasteiger partial charge on any atom is -0.449 e. The molecule has 0 bridgehead atoms. The molecule has 2 unspecified atom stereocenters. The number of rotatable bonds is 8. The van der Waals surface area contributed by atoms with Gasteiger partial charge >= 0.3 is 6.09 Å². The molecule has 0 saturated carbocycles. The van der Waals surface area contributed by atoms with Crippen LogP contribution in [0.4, 0.5) is 10.6 Å². The van der Waals surface area contributed by atoms with Crippen LogP contribution in [-0.4, -0.2) is 46.5 Å². The Hall–Kier alpha value is -3.75. The molecule has 3 aromatic rings. The van der Waals surface area contributed by atoms with Gasteiger partial charge in [0, 0.05) is 30.6 Å². The van der Waals surface area contributed by atoms with E-state index in [1.54, 1.807) is 19.1 Å². The van der Waals surface area contributed by atoms with Crippen LogP contribution in [0.1, 0.15) is 47.8 Å². The maximum atomic E-state index is 12.3. The third-order valence-corrected chi connectivity index (χ3v) is 6.17. The Morgan fingerprint density at radius 1 is 1.00 bits per heavy atom. The molecule has 35 heavy (non-hydrogen) atoms. The van der Waals surface area contributed by atoms with Gasteiger partial charge in [-0.1, -0.05) is 54.6 Å². The van der Waals surface area contributed by atoms with E-state index >= 15 is 0 Å². The van der Waals surface area contributed by atoms with Gasteiger partial charge in [0.05, 0.1) is 6.10 Å². The Morgan fingerprint density at radius 2 is 1.63 bits per heavy atom. The zero-order chi connectivity index (χ0) is 24.9. The number of alkyl carbamates (subject to hydrolysis) is 1. The second kappa shape index (κ2) is 10.7. The molecule has 2 amide bonds. The van der Waals surface area contributed by atoms with Gasteiger partial charge in [-0.2, -0.15) is 0 Å². The molecule has 182 valence electrons. The number of anilines is 1. The largest absolute Gasteiger partial charge is 0.449 e. The van der Waals surface area contributed by atoms with E-state index in [2.05, 4.69) is 39.9 Å². The van der Waals surface area contributed by atoms with Gasteiger partial charge in [0.2, 0.25) is 5.91 Å². The molecular weight excluding hydrogens is 446 g/mol. The highest BCUT2D eigenvalue weighted by atomic mass is 16.5. The van der Waals surface area contributed by atoms with Gasteiger partial charge in [-0.15, -0.1) is 0 Å². The minimum absolute atomic E-state index is 0.0310. The number of nitrogens with one attached hydrogen (secondary N) is 2. The second-order valence-electron chi connectivity index (χ2n) is 8.61. The summed E-state index contributed by atoms with van der Waals surface area (Å²) in [5.74, 6) is 0.0957. The highest BCUT2D eigenvalue weighted by Crippen LogP contribution is 2.44. The summed E-state index contributed by atoms with van der Waals surface area (Å²) in [6, 6.07) is 19.4. The molecule has 4 rings (SSSR count). The zero-order valence-electron chi connectivity index (χ0n) is 19.7. The van der Waals surface area contributed by atoms with Crippen LogP contribution in [0.2, 0.25) is 0 Å². The molecule has 1 aliphatic rings. The second-order valence-corrected chi connectivity index (χ2v) is 8.61. The first kappa shape index (κ1) is 24.4. The summed E-state index contributed by atoms with van der Waals surface area (Å²) < 4.78 is 5.49. The Morgan fingerprint density at radius 3 is 2.23 bits per heavy atom. The number of aryl methyl sites for hydroxylation is 1. The maximum Gasteiger partial charge on any atom is 0.407 e. The molecule has 2 atom stereocenters. The molecule has 1 heterocycles. The van der Waals surface area contributed by atoms with Crippen molar-refractivity contribution in [3.63, 3.8) is 0 Å². The number of carbonyl (C=O) groups excluding carboxylic acids is 2. The summed E-state index contributed by atoms with van der Waals surface area (Å²) in [5.41, 5.74) is 5.52.